The molecule has 6 nitrogen and oxygen atoms in total. The fraction of sp³-hybridized carbons (Fsp3) is 0.500. The van der Waals surface area contributed by atoms with Crippen LogP contribution in [0.25, 0.3) is 0 Å². The Morgan fingerprint density at radius 2 is 1.95 bits per heavy atom. The van der Waals surface area contributed by atoms with Gasteiger partial charge in [-0.25, -0.2) is 4.79 Å². The second kappa shape index (κ2) is 6.36. The van der Waals surface area contributed by atoms with Gasteiger partial charge in [-0.1, -0.05) is 0 Å². The standard InChI is InChI=1S/C16H21N3O3/c1-11-10-19(8-9-22-11)15(20)12-2-4-13(5-3-12)17-16(21)18-14-6-7-14/h2-5,11,14H,6-10H2,1H3,(H2,17,18,21). The third kappa shape index (κ3) is 3.76. The topological polar surface area (TPSA) is 70.7 Å². The SMILES string of the molecule is CC1CN(C(=O)c2ccc(NC(=O)NC3CC3)cc2)CCO1. The van der Waals surface area contributed by atoms with Crippen LogP contribution >= 0.6 is 0 Å². The molecule has 1 aliphatic heterocycles. The maximum absolute atomic E-state index is 12.4. The predicted molar refractivity (Wildman–Crippen MR) is 82.9 cm³/mol. The maximum atomic E-state index is 12.4. The van der Waals surface area contributed by atoms with E-state index in [0.717, 1.165) is 12.8 Å². The normalized spacial score (nSPS) is 21.3. The maximum Gasteiger partial charge on any atom is 0.319 e. The first-order chi connectivity index (χ1) is 10.6. The molecular weight excluding hydrogens is 282 g/mol. The Morgan fingerprint density at radius 1 is 1.23 bits per heavy atom. The van der Waals surface area contributed by atoms with Crippen LogP contribution < -0.4 is 10.6 Å². The summed E-state index contributed by atoms with van der Waals surface area (Å²) >= 11 is 0. The van der Waals surface area contributed by atoms with Gasteiger partial charge in [0.05, 0.1) is 12.7 Å². The number of carbonyl (C=O) groups excluding carboxylic acids is 2. The number of carbonyl (C=O) groups is 2. The lowest BCUT2D eigenvalue weighted by molar-refractivity contribution is -0.0124. The van der Waals surface area contributed by atoms with Gasteiger partial charge in [0.1, 0.15) is 0 Å². The molecule has 0 bridgehead atoms. The van der Waals surface area contributed by atoms with E-state index in [1.165, 1.54) is 0 Å². The number of rotatable bonds is 3. The Labute approximate surface area is 129 Å². The molecule has 118 valence electrons. The molecule has 3 amide bonds. The Balaban J connectivity index is 1.58. The molecule has 0 aromatic heterocycles. The molecule has 1 unspecified atom stereocenters. The number of hydrogen-bond donors (Lipinski definition) is 2. The summed E-state index contributed by atoms with van der Waals surface area (Å²) in [6.07, 6.45) is 2.18. The first kappa shape index (κ1) is 14.8. The Bertz CT molecular complexity index is 554. The number of amides is 3. The van der Waals surface area contributed by atoms with Crippen molar-refractivity contribution in [2.45, 2.75) is 31.9 Å². The van der Waals surface area contributed by atoms with E-state index in [1.54, 1.807) is 29.2 Å². The molecule has 6 heteroatoms. The third-order valence-electron chi connectivity index (χ3n) is 3.83. The first-order valence-electron chi connectivity index (χ1n) is 7.70. The minimum atomic E-state index is -0.191. The molecule has 1 saturated carbocycles. The molecule has 1 aromatic carbocycles. The summed E-state index contributed by atoms with van der Waals surface area (Å²) in [5.41, 5.74) is 1.31. The monoisotopic (exact) mass is 303 g/mol. The number of benzene rings is 1. The molecule has 1 aromatic rings. The van der Waals surface area contributed by atoms with E-state index in [-0.39, 0.29) is 18.0 Å². The van der Waals surface area contributed by atoms with Gasteiger partial charge in [-0.15, -0.1) is 0 Å². The van der Waals surface area contributed by atoms with Crippen molar-refractivity contribution in [2.75, 3.05) is 25.0 Å². The van der Waals surface area contributed by atoms with Gasteiger partial charge < -0.3 is 20.3 Å². The van der Waals surface area contributed by atoms with E-state index in [9.17, 15) is 9.59 Å². The van der Waals surface area contributed by atoms with Crippen molar-refractivity contribution in [3.05, 3.63) is 29.8 Å². The van der Waals surface area contributed by atoms with E-state index in [0.29, 0.717) is 37.0 Å². The number of anilines is 1. The quantitative estimate of drug-likeness (QED) is 0.895. The van der Waals surface area contributed by atoms with Crippen molar-refractivity contribution in [1.82, 2.24) is 10.2 Å². The summed E-state index contributed by atoms with van der Waals surface area (Å²) in [5, 5.41) is 5.63. The molecule has 22 heavy (non-hydrogen) atoms. The highest BCUT2D eigenvalue weighted by atomic mass is 16.5. The fourth-order valence-corrected chi connectivity index (χ4v) is 2.46. The highest BCUT2D eigenvalue weighted by Crippen LogP contribution is 2.19. The summed E-state index contributed by atoms with van der Waals surface area (Å²) in [4.78, 5) is 25.9. The average Bonchev–Trinajstić information content (AvgIpc) is 3.31. The van der Waals surface area contributed by atoms with E-state index in [1.807, 2.05) is 6.92 Å². The van der Waals surface area contributed by atoms with Gasteiger partial charge in [0.15, 0.2) is 0 Å². The molecule has 2 N–H and O–H groups in total. The third-order valence-corrected chi connectivity index (χ3v) is 3.83. The summed E-state index contributed by atoms with van der Waals surface area (Å²) in [6, 6.07) is 7.13. The van der Waals surface area contributed by atoms with Crippen LogP contribution in [-0.4, -0.2) is 48.7 Å². The minimum Gasteiger partial charge on any atom is -0.375 e. The van der Waals surface area contributed by atoms with Gasteiger partial charge in [0.2, 0.25) is 0 Å². The van der Waals surface area contributed by atoms with Crippen LogP contribution in [0.1, 0.15) is 30.1 Å². The number of nitrogens with one attached hydrogen (secondary N) is 2. The van der Waals surface area contributed by atoms with Crippen molar-refractivity contribution in [3.8, 4) is 0 Å². The van der Waals surface area contributed by atoms with Crippen LogP contribution in [0.5, 0.6) is 0 Å². The number of urea groups is 1. The number of morpholine rings is 1. The molecule has 2 fully saturated rings. The number of nitrogens with zero attached hydrogens (tertiary/aromatic N) is 1. The van der Waals surface area contributed by atoms with E-state index >= 15 is 0 Å². The fourth-order valence-electron chi connectivity index (χ4n) is 2.46. The van der Waals surface area contributed by atoms with Crippen molar-refractivity contribution in [1.29, 1.82) is 0 Å². The largest absolute Gasteiger partial charge is 0.375 e. The molecule has 0 radical (unpaired) electrons. The van der Waals surface area contributed by atoms with Crippen LogP contribution in [0.4, 0.5) is 10.5 Å². The summed E-state index contributed by atoms with van der Waals surface area (Å²) in [5.74, 6) is 0.00383. The average molecular weight is 303 g/mol. The highest BCUT2D eigenvalue weighted by molar-refractivity contribution is 5.95. The molecule has 1 heterocycles. The molecule has 1 saturated heterocycles. The summed E-state index contributed by atoms with van der Waals surface area (Å²) in [6.45, 7) is 3.77. The molecular formula is C16H21N3O3. The van der Waals surface area contributed by atoms with Crippen molar-refractivity contribution in [3.63, 3.8) is 0 Å². The van der Waals surface area contributed by atoms with Gasteiger partial charge in [-0.05, 0) is 44.0 Å². The number of hydrogen-bond acceptors (Lipinski definition) is 3. The lowest BCUT2D eigenvalue weighted by Gasteiger charge is -2.31. The van der Waals surface area contributed by atoms with Crippen molar-refractivity contribution >= 4 is 17.6 Å². The molecule has 1 aliphatic carbocycles. The Hall–Kier alpha value is -2.08. The van der Waals surface area contributed by atoms with Gasteiger partial charge >= 0.3 is 6.03 Å². The molecule has 2 aliphatic rings. The minimum absolute atomic E-state index is 0.00383. The van der Waals surface area contributed by atoms with Crippen LogP contribution in [0.2, 0.25) is 0 Å². The Kier molecular flexibility index (Phi) is 4.29. The molecule has 0 spiro atoms. The zero-order valence-corrected chi connectivity index (χ0v) is 12.7. The van der Waals surface area contributed by atoms with Crippen LogP contribution in [0.15, 0.2) is 24.3 Å². The zero-order chi connectivity index (χ0) is 15.5. The molecule has 3 rings (SSSR count). The van der Waals surface area contributed by atoms with Gasteiger partial charge in [0.25, 0.3) is 5.91 Å². The predicted octanol–water partition coefficient (Wildman–Crippen LogP) is 1.83. The van der Waals surface area contributed by atoms with Gasteiger partial charge in [-0.3, -0.25) is 4.79 Å². The zero-order valence-electron chi connectivity index (χ0n) is 12.7. The Morgan fingerprint density at radius 3 is 2.59 bits per heavy atom. The van der Waals surface area contributed by atoms with Crippen molar-refractivity contribution in [2.24, 2.45) is 0 Å². The molecule has 1 atom stereocenters. The second-order valence-corrected chi connectivity index (χ2v) is 5.88. The van der Waals surface area contributed by atoms with E-state index in [4.69, 9.17) is 4.74 Å². The first-order valence-corrected chi connectivity index (χ1v) is 7.70. The summed E-state index contributed by atoms with van der Waals surface area (Å²) in [7, 11) is 0. The van der Waals surface area contributed by atoms with E-state index < -0.39 is 0 Å². The number of ether oxygens (including phenoxy) is 1. The van der Waals surface area contributed by atoms with Gasteiger partial charge in [-0.2, -0.15) is 0 Å². The van der Waals surface area contributed by atoms with Crippen LogP contribution in [-0.2, 0) is 4.74 Å². The van der Waals surface area contributed by atoms with Crippen molar-refractivity contribution < 1.29 is 14.3 Å². The summed E-state index contributed by atoms with van der Waals surface area (Å²) < 4.78 is 5.45. The lowest BCUT2D eigenvalue weighted by atomic mass is 10.1. The lowest BCUT2D eigenvalue weighted by Crippen LogP contribution is -2.44. The van der Waals surface area contributed by atoms with E-state index in [2.05, 4.69) is 10.6 Å². The van der Waals surface area contributed by atoms with Crippen LogP contribution in [0.3, 0.4) is 0 Å². The van der Waals surface area contributed by atoms with Crippen LogP contribution in [0, 0.1) is 0 Å². The van der Waals surface area contributed by atoms with Gasteiger partial charge in [0, 0.05) is 30.4 Å². The highest BCUT2D eigenvalue weighted by Gasteiger charge is 2.24. The smallest absolute Gasteiger partial charge is 0.319 e. The second-order valence-electron chi connectivity index (χ2n) is 5.88.